The van der Waals surface area contributed by atoms with E-state index in [1.807, 2.05) is 42.1 Å². The van der Waals surface area contributed by atoms with Gasteiger partial charge in [0, 0.05) is 29.2 Å². The molecule has 118 valence electrons. The third kappa shape index (κ3) is 2.85. The normalized spacial score (nSPS) is 11.9. The molecule has 3 aromatic rings. The van der Waals surface area contributed by atoms with Crippen molar-refractivity contribution in [3.63, 3.8) is 0 Å². The molecule has 0 bridgehead atoms. The van der Waals surface area contributed by atoms with Crippen LogP contribution in [0.1, 0.15) is 11.3 Å². The summed E-state index contributed by atoms with van der Waals surface area (Å²) in [5, 5.41) is 21.9. The van der Waals surface area contributed by atoms with E-state index >= 15 is 0 Å². The van der Waals surface area contributed by atoms with Gasteiger partial charge in [0.15, 0.2) is 10.6 Å². The van der Waals surface area contributed by atoms with Gasteiger partial charge >= 0.3 is 0 Å². The highest BCUT2D eigenvalue weighted by atomic mass is 32.1. The monoisotopic (exact) mass is 327 g/mol. The van der Waals surface area contributed by atoms with Crippen molar-refractivity contribution in [2.45, 2.75) is 13.8 Å². The summed E-state index contributed by atoms with van der Waals surface area (Å²) in [4.78, 5) is 9.72. The van der Waals surface area contributed by atoms with Gasteiger partial charge < -0.3 is 14.8 Å². The molecule has 5 nitrogen and oxygen atoms in total. The van der Waals surface area contributed by atoms with Crippen molar-refractivity contribution >= 4 is 17.2 Å². The lowest BCUT2D eigenvalue weighted by Crippen LogP contribution is -2.11. The van der Waals surface area contributed by atoms with E-state index in [9.17, 15) is 10.2 Å². The van der Waals surface area contributed by atoms with Gasteiger partial charge in [-0.15, -0.1) is 11.3 Å². The minimum Gasteiger partial charge on any atom is -0.508 e. The number of benzene rings is 1. The van der Waals surface area contributed by atoms with E-state index in [-0.39, 0.29) is 11.5 Å². The first-order valence-corrected chi connectivity index (χ1v) is 8.00. The number of thiazole rings is 1. The standard InChI is InChI=1S/C17H17N3O2S/c1-10-5-4-6-15(18-10)19-17-20(3)13(9-23-17)12-7-8-14(21)11(2)16(12)22/h4-9,21-22H,1-3H3. The van der Waals surface area contributed by atoms with Crippen LogP contribution in [0, 0.1) is 13.8 Å². The van der Waals surface area contributed by atoms with Gasteiger partial charge in [0.1, 0.15) is 11.5 Å². The molecule has 6 heteroatoms. The highest BCUT2D eigenvalue weighted by molar-refractivity contribution is 7.07. The second kappa shape index (κ2) is 5.89. The molecule has 23 heavy (non-hydrogen) atoms. The van der Waals surface area contributed by atoms with Crippen molar-refractivity contribution in [2.75, 3.05) is 0 Å². The Morgan fingerprint density at radius 3 is 2.65 bits per heavy atom. The number of nitrogens with zero attached hydrogens (tertiary/aromatic N) is 3. The minimum atomic E-state index is 0.0815. The molecule has 0 aliphatic rings. The van der Waals surface area contributed by atoms with Crippen molar-refractivity contribution in [3.8, 4) is 22.8 Å². The fraction of sp³-hybridized carbons (Fsp3) is 0.176. The number of aromatic hydroxyl groups is 2. The Labute approximate surface area is 137 Å². The third-order valence-corrected chi connectivity index (χ3v) is 4.60. The Balaban J connectivity index is 2.12. The zero-order chi connectivity index (χ0) is 16.6. The van der Waals surface area contributed by atoms with Crippen molar-refractivity contribution in [1.29, 1.82) is 0 Å². The molecule has 0 aliphatic heterocycles. The average molecular weight is 327 g/mol. The average Bonchev–Trinajstić information content (AvgIpc) is 2.86. The largest absolute Gasteiger partial charge is 0.508 e. The van der Waals surface area contributed by atoms with Crippen LogP contribution in [0.2, 0.25) is 0 Å². The number of phenols is 2. The SMILES string of the molecule is Cc1cccc(N=c2scc(-c3ccc(O)c(C)c3O)n2C)n1. The number of aromatic nitrogens is 2. The van der Waals surface area contributed by atoms with Crippen LogP contribution in [0.3, 0.4) is 0 Å². The zero-order valence-corrected chi connectivity index (χ0v) is 13.9. The molecular formula is C17H17N3O2S. The summed E-state index contributed by atoms with van der Waals surface area (Å²) in [7, 11) is 1.89. The van der Waals surface area contributed by atoms with Crippen LogP contribution >= 0.6 is 11.3 Å². The van der Waals surface area contributed by atoms with Crippen LogP contribution < -0.4 is 4.80 Å². The smallest absolute Gasteiger partial charge is 0.191 e. The molecule has 0 amide bonds. The quantitative estimate of drug-likeness (QED) is 0.758. The number of aryl methyl sites for hydroxylation is 1. The first-order chi connectivity index (χ1) is 11.0. The molecular weight excluding hydrogens is 310 g/mol. The summed E-state index contributed by atoms with van der Waals surface area (Å²) in [6.07, 6.45) is 0. The van der Waals surface area contributed by atoms with E-state index in [1.54, 1.807) is 19.1 Å². The van der Waals surface area contributed by atoms with Gasteiger partial charge in [0.25, 0.3) is 0 Å². The summed E-state index contributed by atoms with van der Waals surface area (Å²) >= 11 is 1.47. The Morgan fingerprint density at radius 2 is 1.91 bits per heavy atom. The van der Waals surface area contributed by atoms with E-state index < -0.39 is 0 Å². The summed E-state index contributed by atoms with van der Waals surface area (Å²) < 4.78 is 1.90. The predicted octanol–water partition coefficient (Wildman–Crippen LogP) is 3.41. The van der Waals surface area contributed by atoms with E-state index in [0.29, 0.717) is 16.9 Å². The second-order valence-electron chi connectivity index (χ2n) is 5.32. The molecule has 0 fully saturated rings. The first-order valence-electron chi connectivity index (χ1n) is 7.12. The van der Waals surface area contributed by atoms with E-state index in [0.717, 1.165) is 16.2 Å². The van der Waals surface area contributed by atoms with Crippen molar-refractivity contribution in [3.05, 3.63) is 51.8 Å². The molecule has 0 radical (unpaired) electrons. The molecule has 3 rings (SSSR count). The maximum Gasteiger partial charge on any atom is 0.191 e. The Kier molecular flexibility index (Phi) is 3.92. The lowest BCUT2D eigenvalue weighted by molar-refractivity contribution is 0.444. The zero-order valence-electron chi connectivity index (χ0n) is 13.1. The second-order valence-corrected chi connectivity index (χ2v) is 6.15. The number of phenolic OH excluding ortho intramolecular Hbond substituents is 2. The summed E-state index contributed by atoms with van der Waals surface area (Å²) in [5.74, 6) is 0.816. The predicted molar refractivity (Wildman–Crippen MR) is 91.0 cm³/mol. The summed E-state index contributed by atoms with van der Waals surface area (Å²) in [5.41, 5.74) is 2.88. The highest BCUT2D eigenvalue weighted by Gasteiger charge is 2.13. The maximum atomic E-state index is 10.3. The van der Waals surface area contributed by atoms with Crippen LogP contribution in [0.5, 0.6) is 11.5 Å². The molecule has 0 saturated carbocycles. The number of pyridine rings is 1. The van der Waals surface area contributed by atoms with Gasteiger partial charge in [-0.1, -0.05) is 6.07 Å². The highest BCUT2D eigenvalue weighted by Crippen LogP contribution is 2.36. The van der Waals surface area contributed by atoms with Crippen molar-refractivity contribution in [2.24, 2.45) is 12.0 Å². The molecule has 0 aliphatic carbocycles. The van der Waals surface area contributed by atoms with Crippen LogP contribution in [-0.2, 0) is 7.05 Å². The fourth-order valence-corrected chi connectivity index (χ4v) is 3.21. The third-order valence-electron chi connectivity index (χ3n) is 3.69. The van der Waals surface area contributed by atoms with Gasteiger partial charge in [-0.3, -0.25) is 0 Å². The maximum absolute atomic E-state index is 10.3. The Bertz CT molecular complexity index is 941. The molecule has 2 N–H and O–H groups in total. The Morgan fingerprint density at radius 1 is 1.13 bits per heavy atom. The number of hydrogen-bond donors (Lipinski definition) is 2. The number of rotatable bonds is 2. The van der Waals surface area contributed by atoms with Gasteiger partial charge in [-0.2, -0.15) is 0 Å². The van der Waals surface area contributed by atoms with E-state index in [2.05, 4.69) is 9.98 Å². The first kappa shape index (κ1) is 15.3. The summed E-state index contributed by atoms with van der Waals surface area (Å²) in [6.45, 7) is 3.61. The molecule has 0 unspecified atom stereocenters. The molecule has 0 saturated heterocycles. The van der Waals surface area contributed by atoms with Crippen LogP contribution in [0.4, 0.5) is 5.82 Å². The van der Waals surface area contributed by atoms with Gasteiger partial charge in [0.2, 0.25) is 0 Å². The topological polar surface area (TPSA) is 70.6 Å². The Hall–Kier alpha value is -2.60. The van der Waals surface area contributed by atoms with Gasteiger partial charge in [-0.25, -0.2) is 9.98 Å². The van der Waals surface area contributed by atoms with Crippen LogP contribution in [0.25, 0.3) is 11.3 Å². The summed E-state index contributed by atoms with van der Waals surface area (Å²) in [6, 6.07) is 8.99. The fourth-order valence-electron chi connectivity index (χ4n) is 2.30. The van der Waals surface area contributed by atoms with E-state index in [1.165, 1.54) is 11.3 Å². The van der Waals surface area contributed by atoms with Crippen LogP contribution in [0.15, 0.2) is 40.7 Å². The lowest BCUT2D eigenvalue weighted by Gasteiger charge is -2.09. The molecule has 2 aromatic heterocycles. The molecule has 2 heterocycles. The van der Waals surface area contributed by atoms with Crippen LogP contribution in [-0.4, -0.2) is 19.8 Å². The van der Waals surface area contributed by atoms with E-state index in [4.69, 9.17) is 0 Å². The van der Waals surface area contributed by atoms with Gasteiger partial charge in [-0.05, 0) is 38.1 Å². The molecule has 0 atom stereocenters. The molecule has 1 aromatic carbocycles. The molecule has 0 spiro atoms. The van der Waals surface area contributed by atoms with Gasteiger partial charge in [0.05, 0.1) is 5.69 Å². The lowest BCUT2D eigenvalue weighted by atomic mass is 10.1. The number of hydrogen-bond acceptors (Lipinski definition) is 5. The minimum absolute atomic E-state index is 0.0815. The van der Waals surface area contributed by atoms with Crippen molar-refractivity contribution in [1.82, 2.24) is 9.55 Å². The van der Waals surface area contributed by atoms with Crippen molar-refractivity contribution < 1.29 is 10.2 Å².